The van der Waals surface area contributed by atoms with Crippen LogP contribution in [-0.4, -0.2) is 20.6 Å². The van der Waals surface area contributed by atoms with Gasteiger partial charge in [-0.1, -0.05) is 11.6 Å². The van der Waals surface area contributed by atoms with Gasteiger partial charge in [-0.2, -0.15) is 4.36 Å². The van der Waals surface area contributed by atoms with Gasteiger partial charge in [0, 0.05) is 22.6 Å². The standard InChI is InChI=1S/C9H9ClN2O3S/c10-7-2-3-8(9(6-7)12(13)14)11-16(15)4-1-5-16/h2-3,6H,1,4-5H2. The smallest absolute Gasteiger partial charge is 0.258 e. The summed E-state index contributed by atoms with van der Waals surface area (Å²) in [5, 5.41) is 11.0. The molecule has 86 valence electrons. The van der Waals surface area contributed by atoms with Crippen molar-refractivity contribution in [3.05, 3.63) is 33.3 Å². The minimum absolute atomic E-state index is 0.152. The van der Waals surface area contributed by atoms with E-state index in [1.165, 1.54) is 18.2 Å². The van der Waals surface area contributed by atoms with Gasteiger partial charge in [-0.25, -0.2) is 4.21 Å². The average molecular weight is 261 g/mol. The zero-order chi connectivity index (χ0) is 11.8. The molecule has 0 bridgehead atoms. The summed E-state index contributed by atoms with van der Waals surface area (Å²) in [5.74, 6) is 1.04. The topological polar surface area (TPSA) is 72.6 Å². The monoisotopic (exact) mass is 260 g/mol. The van der Waals surface area contributed by atoms with Crippen LogP contribution in [0.3, 0.4) is 0 Å². The van der Waals surface area contributed by atoms with Crippen molar-refractivity contribution in [3.8, 4) is 0 Å². The predicted molar refractivity (Wildman–Crippen MR) is 62.7 cm³/mol. The summed E-state index contributed by atoms with van der Waals surface area (Å²) < 4.78 is 15.8. The van der Waals surface area contributed by atoms with E-state index >= 15 is 0 Å². The van der Waals surface area contributed by atoms with E-state index in [0.29, 0.717) is 11.5 Å². The third-order valence-electron chi connectivity index (χ3n) is 2.33. The van der Waals surface area contributed by atoms with Crippen LogP contribution in [0, 0.1) is 10.1 Å². The van der Waals surface area contributed by atoms with Gasteiger partial charge in [0.1, 0.15) is 0 Å². The third kappa shape index (κ3) is 2.17. The maximum atomic E-state index is 11.8. The molecule has 1 heterocycles. The van der Waals surface area contributed by atoms with Crippen LogP contribution in [-0.2, 0) is 9.73 Å². The Morgan fingerprint density at radius 1 is 1.44 bits per heavy atom. The Bertz CT molecular complexity index is 554. The summed E-state index contributed by atoms with van der Waals surface area (Å²) in [6, 6.07) is 4.17. The average Bonchev–Trinajstić information content (AvgIpc) is 2.18. The highest BCUT2D eigenvalue weighted by Gasteiger charge is 2.22. The minimum atomic E-state index is -2.23. The molecule has 1 aromatic carbocycles. The van der Waals surface area contributed by atoms with Gasteiger partial charge in [0.25, 0.3) is 5.69 Å². The molecule has 2 rings (SSSR count). The Hall–Kier alpha value is -1.14. The summed E-state index contributed by atoms with van der Waals surface area (Å²) in [6.45, 7) is 0. The largest absolute Gasteiger partial charge is 0.297 e. The molecule has 1 aliphatic rings. The van der Waals surface area contributed by atoms with Crippen molar-refractivity contribution in [3.63, 3.8) is 0 Å². The Balaban J connectivity index is 2.53. The molecule has 1 aromatic rings. The fourth-order valence-electron chi connectivity index (χ4n) is 1.38. The first-order valence-corrected chi connectivity index (χ1v) is 6.90. The van der Waals surface area contributed by atoms with Crippen LogP contribution in [0.5, 0.6) is 0 Å². The quantitative estimate of drug-likeness (QED) is 0.606. The molecule has 0 spiro atoms. The molecule has 0 N–H and O–H groups in total. The molecule has 0 aliphatic carbocycles. The van der Waals surface area contributed by atoms with Gasteiger partial charge in [-0.15, -0.1) is 0 Å². The summed E-state index contributed by atoms with van der Waals surface area (Å²) in [6.07, 6.45) is 0.865. The molecule has 7 heteroatoms. The first-order valence-electron chi connectivity index (χ1n) is 4.67. The second kappa shape index (κ2) is 4.03. The lowest BCUT2D eigenvalue weighted by atomic mass is 10.3. The van der Waals surface area contributed by atoms with Crippen LogP contribution in [0.2, 0.25) is 5.02 Å². The molecule has 16 heavy (non-hydrogen) atoms. The van der Waals surface area contributed by atoms with Crippen LogP contribution in [0.4, 0.5) is 11.4 Å². The van der Waals surface area contributed by atoms with Crippen LogP contribution in [0.15, 0.2) is 22.6 Å². The van der Waals surface area contributed by atoms with Gasteiger partial charge >= 0.3 is 0 Å². The van der Waals surface area contributed by atoms with Crippen molar-refractivity contribution in [2.45, 2.75) is 6.42 Å². The zero-order valence-corrected chi connectivity index (χ0v) is 9.83. The summed E-state index contributed by atoms with van der Waals surface area (Å²) >= 11 is 5.66. The van der Waals surface area contributed by atoms with E-state index in [2.05, 4.69) is 4.36 Å². The molecule has 5 nitrogen and oxygen atoms in total. The van der Waals surface area contributed by atoms with E-state index in [1.807, 2.05) is 0 Å². The number of benzene rings is 1. The second-order valence-electron chi connectivity index (χ2n) is 3.52. The van der Waals surface area contributed by atoms with Crippen molar-refractivity contribution >= 4 is 32.7 Å². The van der Waals surface area contributed by atoms with Crippen LogP contribution in [0.25, 0.3) is 0 Å². The molecule has 1 fully saturated rings. The molecular weight excluding hydrogens is 252 g/mol. The number of halogens is 1. The zero-order valence-electron chi connectivity index (χ0n) is 8.26. The van der Waals surface area contributed by atoms with Crippen molar-refractivity contribution in [2.75, 3.05) is 11.5 Å². The van der Waals surface area contributed by atoms with Crippen LogP contribution < -0.4 is 0 Å². The molecule has 0 aromatic heterocycles. The van der Waals surface area contributed by atoms with Crippen molar-refractivity contribution in [1.29, 1.82) is 0 Å². The molecule has 0 amide bonds. The number of hydrogen-bond donors (Lipinski definition) is 0. The first-order chi connectivity index (χ1) is 7.50. The fraction of sp³-hybridized carbons (Fsp3) is 0.333. The van der Waals surface area contributed by atoms with E-state index in [-0.39, 0.29) is 16.4 Å². The number of hydrogen-bond acceptors (Lipinski definition) is 4. The van der Waals surface area contributed by atoms with Gasteiger partial charge in [-0.05, 0) is 18.6 Å². The lowest BCUT2D eigenvalue weighted by molar-refractivity contribution is -0.384. The minimum Gasteiger partial charge on any atom is -0.258 e. The normalized spacial score (nSPS) is 17.6. The van der Waals surface area contributed by atoms with E-state index in [1.54, 1.807) is 0 Å². The molecule has 0 saturated carbocycles. The van der Waals surface area contributed by atoms with E-state index < -0.39 is 14.7 Å². The Morgan fingerprint density at radius 3 is 2.62 bits per heavy atom. The third-order valence-corrected chi connectivity index (χ3v) is 4.94. The molecular formula is C9H9ClN2O3S. The maximum absolute atomic E-state index is 11.8. The Kier molecular flexibility index (Phi) is 2.86. The number of nitro groups is 1. The van der Waals surface area contributed by atoms with E-state index in [0.717, 1.165) is 6.42 Å². The summed E-state index contributed by atoms with van der Waals surface area (Å²) in [5.41, 5.74) is -0.0405. The van der Waals surface area contributed by atoms with Crippen LogP contribution >= 0.6 is 11.6 Å². The van der Waals surface area contributed by atoms with Gasteiger partial charge in [0.2, 0.25) is 0 Å². The SMILES string of the molecule is O=[N+]([O-])c1cc(Cl)ccc1N=S1(=O)CCC1. The highest BCUT2D eigenvalue weighted by Crippen LogP contribution is 2.32. The highest BCUT2D eigenvalue weighted by atomic mass is 35.5. The van der Waals surface area contributed by atoms with E-state index in [9.17, 15) is 14.3 Å². The molecule has 0 unspecified atom stereocenters. The number of rotatable bonds is 2. The van der Waals surface area contributed by atoms with Crippen molar-refractivity contribution in [1.82, 2.24) is 0 Å². The predicted octanol–water partition coefficient (Wildman–Crippen LogP) is 2.75. The highest BCUT2D eigenvalue weighted by molar-refractivity contribution is 7.95. The lowest BCUT2D eigenvalue weighted by Crippen LogP contribution is -2.23. The first kappa shape index (κ1) is 11.3. The Morgan fingerprint density at radius 2 is 2.12 bits per heavy atom. The summed E-state index contributed by atoms with van der Waals surface area (Å²) in [7, 11) is -2.23. The summed E-state index contributed by atoms with van der Waals surface area (Å²) in [4.78, 5) is 10.2. The van der Waals surface area contributed by atoms with Crippen molar-refractivity contribution in [2.24, 2.45) is 4.36 Å². The fourth-order valence-corrected chi connectivity index (χ4v) is 3.03. The number of nitrogens with zero attached hydrogens (tertiary/aromatic N) is 2. The van der Waals surface area contributed by atoms with Gasteiger partial charge in [-0.3, -0.25) is 10.1 Å². The van der Waals surface area contributed by atoms with Gasteiger partial charge < -0.3 is 0 Å². The molecule has 0 atom stereocenters. The number of nitro benzene ring substituents is 1. The van der Waals surface area contributed by atoms with E-state index in [4.69, 9.17) is 11.6 Å². The van der Waals surface area contributed by atoms with Gasteiger partial charge in [0.05, 0.1) is 14.7 Å². The second-order valence-corrected chi connectivity index (χ2v) is 6.50. The lowest BCUT2D eigenvalue weighted by Gasteiger charge is -2.17. The molecule has 1 aliphatic heterocycles. The van der Waals surface area contributed by atoms with Gasteiger partial charge in [0.15, 0.2) is 5.69 Å². The maximum Gasteiger partial charge on any atom is 0.297 e. The Labute approximate surface area is 97.8 Å². The van der Waals surface area contributed by atoms with Crippen LogP contribution in [0.1, 0.15) is 6.42 Å². The van der Waals surface area contributed by atoms with Crippen molar-refractivity contribution < 1.29 is 9.13 Å². The molecule has 0 radical (unpaired) electrons. The molecule has 1 saturated heterocycles.